The van der Waals surface area contributed by atoms with Gasteiger partial charge in [-0.25, -0.2) is 9.78 Å². The molecule has 1 heterocycles. The highest BCUT2D eigenvalue weighted by Crippen LogP contribution is 2.12. The van der Waals surface area contributed by atoms with Crippen molar-refractivity contribution in [3.8, 4) is 0 Å². The van der Waals surface area contributed by atoms with Gasteiger partial charge in [0.15, 0.2) is 0 Å². The summed E-state index contributed by atoms with van der Waals surface area (Å²) in [4.78, 5) is 14.4. The highest BCUT2D eigenvalue weighted by molar-refractivity contribution is 7.11. The molecule has 0 spiro atoms. The number of nitrogens with zero attached hydrogens (tertiary/aromatic N) is 1. The van der Waals surface area contributed by atoms with Gasteiger partial charge < -0.3 is 5.11 Å². The van der Waals surface area contributed by atoms with Crippen LogP contribution < -0.4 is 0 Å². The Morgan fingerprint density at radius 3 is 2.83 bits per heavy atom. The van der Waals surface area contributed by atoms with Gasteiger partial charge in [-0.15, -0.1) is 11.3 Å². The van der Waals surface area contributed by atoms with E-state index in [0.717, 1.165) is 12.1 Å². The van der Waals surface area contributed by atoms with Crippen LogP contribution in [0.2, 0.25) is 0 Å². The average Bonchev–Trinajstić information content (AvgIpc) is 2.34. The number of carboxylic acids is 1. The molecule has 0 atom stereocenters. The van der Waals surface area contributed by atoms with Gasteiger partial charge >= 0.3 is 5.97 Å². The molecule has 0 unspecified atom stereocenters. The van der Waals surface area contributed by atoms with Crippen molar-refractivity contribution in [2.24, 2.45) is 5.92 Å². The Balaban J connectivity index is 2.71. The average molecular weight is 185 g/mol. The zero-order valence-corrected chi connectivity index (χ0v) is 7.89. The van der Waals surface area contributed by atoms with Gasteiger partial charge in [0, 0.05) is 5.38 Å². The standard InChI is InChI=1S/C8H11NO2S/c1-5(2)3-6-4-12-7(9-6)8(10)11/h4-5H,3H2,1-2H3,(H,10,11). The van der Waals surface area contributed by atoms with Crippen LogP contribution in [0.4, 0.5) is 0 Å². The highest BCUT2D eigenvalue weighted by Gasteiger charge is 2.09. The van der Waals surface area contributed by atoms with Crippen LogP contribution in [0.1, 0.15) is 29.3 Å². The van der Waals surface area contributed by atoms with E-state index in [1.807, 2.05) is 5.38 Å². The van der Waals surface area contributed by atoms with E-state index >= 15 is 0 Å². The van der Waals surface area contributed by atoms with Crippen molar-refractivity contribution >= 4 is 17.3 Å². The molecule has 3 nitrogen and oxygen atoms in total. The maximum Gasteiger partial charge on any atom is 0.365 e. The van der Waals surface area contributed by atoms with Gasteiger partial charge in [0.25, 0.3) is 0 Å². The van der Waals surface area contributed by atoms with Crippen LogP contribution in [-0.2, 0) is 6.42 Å². The first-order valence-electron chi connectivity index (χ1n) is 3.77. The van der Waals surface area contributed by atoms with Crippen LogP contribution in [0.25, 0.3) is 0 Å². The summed E-state index contributed by atoms with van der Waals surface area (Å²) in [6.45, 7) is 4.17. The minimum Gasteiger partial charge on any atom is -0.476 e. The monoisotopic (exact) mass is 185 g/mol. The molecule has 0 saturated carbocycles. The van der Waals surface area contributed by atoms with Crippen LogP contribution in [-0.4, -0.2) is 16.1 Å². The van der Waals surface area contributed by atoms with Crippen molar-refractivity contribution in [2.45, 2.75) is 20.3 Å². The van der Waals surface area contributed by atoms with Gasteiger partial charge in [-0.2, -0.15) is 0 Å². The third kappa shape index (κ3) is 2.30. The van der Waals surface area contributed by atoms with Gasteiger partial charge in [-0.1, -0.05) is 13.8 Å². The van der Waals surface area contributed by atoms with E-state index < -0.39 is 5.97 Å². The molecule has 1 N–H and O–H groups in total. The number of rotatable bonds is 3. The molecule has 0 fully saturated rings. The summed E-state index contributed by atoms with van der Waals surface area (Å²) in [6.07, 6.45) is 0.851. The Labute approximate surface area is 75.1 Å². The Hall–Kier alpha value is -0.900. The molecular weight excluding hydrogens is 174 g/mol. The summed E-state index contributed by atoms with van der Waals surface area (Å²) >= 11 is 1.19. The molecule has 0 amide bonds. The van der Waals surface area contributed by atoms with E-state index in [-0.39, 0.29) is 5.01 Å². The molecule has 0 saturated heterocycles. The van der Waals surface area contributed by atoms with Gasteiger partial charge in [0.05, 0.1) is 5.69 Å². The predicted molar refractivity (Wildman–Crippen MR) is 47.6 cm³/mol. The third-order valence-electron chi connectivity index (χ3n) is 1.35. The van der Waals surface area contributed by atoms with Crippen molar-refractivity contribution in [1.82, 2.24) is 4.98 Å². The highest BCUT2D eigenvalue weighted by atomic mass is 32.1. The fourth-order valence-corrected chi connectivity index (χ4v) is 1.58. The smallest absolute Gasteiger partial charge is 0.365 e. The summed E-state index contributed by atoms with van der Waals surface area (Å²) in [5.74, 6) is -0.413. The number of aromatic carboxylic acids is 1. The van der Waals surface area contributed by atoms with E-state index in [4.69, 9.17) is 5.11 Å². The van der Waals surface area contributed by atoms with Crippen molar-refractivity contribution in [3.63, 3.8) is 0 Å². The SMILES string of the molecule is CC(C)Cc1csc(C(=O)O)n1. The molecule has 0 aliphatic carbocycles. The second kappa shape index (κ2) is 3.67. The Kier molecular flexibility index (Phi) is 2.81. The molecule has 0 aliphatic heterocycles. The molecule has 66 valence electrons. The minimum atomic E-state index is -0.935. The van der Waals surface area contributed by atoms with Crippen molar-refractivity contribution < 1.29 is 9.90 Å². The number of carbonyl (C=O) groups is 1. The molecule has 0 aliphatic rings. The van der Waals surface area contributed by atoms with Crippen LogP contribution in [0.15, 0.2) is 5.38 Å². The number of aromatic nitrogens is 1. The van der Waals surface area contributed by atoms with Crippen molar-refractivity contribution in [1.29, 1.82) is 0 Å². The molecule has 1 rings (SSSR count). The van der Waals surface area contributed by atoms with E-state index in [0.29, 0.717) is 5.92 Å². The first kappa shape index (κ1) is 9.19. The minimum absolute atomic E-state index is 0.186. The second-order valence-electron chi connectivity index (χ2n) is 3.05. The lowest BCUT2D eigenvalue weighted by Crippen LogP contribution is -1.98. The molecular formula is C8H11NO2S. The van der Waals surface area contributed by atoms with E-state index in [9.17, 15) is 4.79 Å². The first-order chi connectivity index (χ1) is 5.59. The van der Waals surface area contributed by atoms with E-state index in [1.165, 1.54) is 11.3 Å². The predicted octanol–water partition coefficient (Wildman–Crippen LogP) is 2.04. The summed E-state index contributed by atoms with van der Waals surface area (Å²) in [6, 6.07) is 0. The zero-order valence-electron chi connectivity index (χ0n) is 7.07. The quantitative estimate of drug-likeness (QED) is 0.784. The lowest BCUT2D eigenvalue weighted by Gasteiger charge is -1.98. The second-order valence-corrected chi connectivity index (χ2v) is 3.91. The summed E-state index contributed by atoms with van der Waals surface area (Å²) < 4.78 is 0. The molecule has 0 bridgehead atoms. The third-order valence-corrected chi connectivity index (χ3v) is 2.23. The number of thiazole rings is 1. The van der Waals surface area contributed by atoms with E-state index in [2.05, 4.69) is 18.8 Å². The molecule has 1 aromatic rings. The van der Waals surface area contributed by atoms with Gasteiger partial charge in [-0.3, -0.25) is 0 Å². The van der Waals surface area contributed by atoms with Gasteiger partial charge in [0.1, 0.15) is 0 Å². The lowest BCUT2D eigenvalue weighted by atomic mass is 10.1. The number of hydrogen-bond donors (Lipinski definition) is 1. The fraction of sp³-hybridized carbons (Fsp3) is 0.500. The van der Waals surface area contributed by atoms with Crippen LogP contribution in [0.3, 0.4) is 0 Å². The molecule has 0 aromatic carbocycles. The first-order valence-corrected chi connectivity index (χ1v) is 4.65. The van der Waals surface area contributed by atoms with Crippen molar-refractivity contribution in [2.75, 3.05) is 0 Å². The Morgan fingerprint density at radius 2 is 2.42 bits per heavy atom. The lowest BCUT2D eigenvalue weighted by molar-refractivity contribution is 0.0696. The van der Waals surface area contributed by atoms with Crippen LogP contribution >= 0.6 is 11.3 Å². The van der Waals surface area contributed by atoms with E-state index in [1.54, 1.807) is 0 Å². The maximum atomic E-state index is 10.4. The summed E-state index contributed by atoms with van der Waals surface area (Å²) in [5.41, 5.74) is 0.882. The Bertz CT molecular complexity index is 280. The number of hydrogen-bond acceptors (Lipinski definition) is 3. The molecule has 0 radical (unpaired) electrons. The maximum absolute atomic E-state index is 10.4. The molecule has 4 heteroatoms. The summed E-state index contributed by atoms with van der Waals surface area (Å²) in [5, 5.41) is 10.6. The van der Waals surface area contributed by atoms with Crippen LogP contribution in [0, 0.1) is 5.92 Å². The molecule has 1 aromatic heterocycles. The normalized spacial score (nSPS) is 10.6. The topological polar surface area (TPSA) is 50.2 Å². The molecule has 12 heavy (non-hydrogen) atoms. The van der Waals surface area contributed by atoms with Crippen molar-refractivity contribution in [3.05, 3.63) is 16.1 Å². The summed E-state index contributed by atoms with van der Waals surface area (Å²) in [7, 11) is 0. The van der Waals surface area contributed by atoms with Gasteiger partial charge in [-0.05, 0) is 12.3 Å². The number of carboxylic acid groups (broad SMARTS) is 1. The largest absolute Gasteiger partial charge is 0.476 e. The zero-order chi connectivity index (χ0) is 9.14. The Morgan fingerprint density at radius 1 is 1.75 bits per heavy atom. The van der Waals surface area contributed by atoms with Crippen LogP contribution in [0.5, 0.6) is 0 Å². The van der Waals surface area contributed by atoms with Gasteiger partial charge in [0.2, 0.25) is 5.01 Å². The fourth-order valence-electron chi connectivity index (χ4n) is 0.917.